The fraction of sp³-hybridized carbons (Fsp3) is 0.545. The second-order valence-electron chi connectivity index (χ2n) is 5.05. The number of aromatic amines is 1. The topological polar surface area (TPSA) is 169 Å². The highest BCUT2D eigenvalue weighted by atomic mass is 31.2. The summed E-state index contributed by atoms with van der Waals surface area (Å²) in [6, 6.07) is 0. The van der Waals surface area contributed by atoms with Gasteiger partial charge in [0.15, 0.2) is 17.4 Å². The van der Waals surface area contributed by atoms with Gasteiger partial charge < -0.3 is 24.8 Å². The highest BCUT2D eigenvalue weighted by Crippen LogP contribution is 2.43. The van der Waals surface area contributed by atoms with Crippen LogP contribution in [0.5, 0.6) is 0 Å². The second-order valence-corrected chi connectivity index (χ2v) is 6.61. The molecule has 132 valence electrons. The molecule has 0 amide bonds. The van der Waals surface area contributed by atoms with Crippen molar-refractivity contribution in [2.45, 2.75) is 24.5 Å². The first-order chi connectivity index (χ1) is 11.3. The van der Waals surface area contributed by atoms with Crippen LogP contribution in [0, 0.1) is 0 Å². The van der Waals surface area contributed by atoms with Crippen molar-refractivity contribution >= 4 is 19.0 Å². The lowest BCUT2D eigenvalue weighted by Crippen LogP contribution is -2.33. The van der Waals surface area contributed by atoms with Gasteiger partial charge >= 0.3 is 7.82 Å². The van der Waals surface area contributed by atoms with Crippen LogP contribution in [0.2, 0.25) is 0 Å². The molecule has 0 saturated carbocycles. The number of nitrogens with zero attached hydrogens (tertiary/aromatic N) is 3. The average molecular weight is 362 g/mol. The number of hydrogen-bond donors (Lipinski definition) is 4. The van der Waals surface area contributed by atoms with Gasteiger partial charge in [-0.2, -0.15) is 0 Å². The number of ether oxygens (including phenoxy) is 1. The third-order valence-corrected chi connectivity index (χ3v) is 4.55. The van der Waals surface area contributed by atoms with Crippen LogP contribution in [0.15, 0.2) is 17.4 Å². The molecule has 13 heteroatoms. The summed E-state index contributed by atoms with van der Waals surface area (Å²) in [4.78, 5) is 31.1. The van der Waals surface area contributed by atoms with Gasteiger partial charge in [-0.3, -0.25) is 18.4 Å². The Kier molecular flexibility index (Phi) is 4.53. The van der Waals surface area contributed by atoms with E-state index in [4.69, 9.17) is 4.74 Å². The van der Waals surface area contributed by atoms with E-state index < -0.39 is 44.5 Å². The van der Waals surface area contributed by atoms with Crippen molar-refractivity contribution in [2.24, 2.45) is 0 Å². The molecule has 1 unspecified atom stereocenters. The molecule has 1 saturated heterocycles. The minimum atomic E-state index is -4.25. The zero-order valence-electron chi connectivity index (χ0n) is 12.3. The number of imidazole rings is 1. The summed E-state index contributed by atoms with van der Waals surface area (Å²) in [6.45, 7) is -0.489. The van der Waals surface area contributed by atoms with Crippen LogP contribution >= 0.6 is 7.82 Å². The maximum absolute atomic E-state index is 11.6. The molecular weight excluding hydrogens is 347 g/mol. The Morgan fingerprint density at radius 2 is 2.17 bits per heavy atom. The molecule has 12 nitrogen and oxygen atoms in total. The van der Waals surface area contributed by atoms with Crippen LogP contribution in [0.25, 0.3) is 11.2 Å². The van der Waals surface area contributed by atoms with Crippen LogP contribution in [0.4, 0.5) is 0 Å². The van der Waals surface area contributed by atoms with Crippen molar-refractivity contribution in [3.63, 3.8) is 0 Å². The summed E-state index contributed by atoms with van der Waals surface area (Å²) in [5.74, 6) is 0. The number of hydrogen-bond acceptors (Lipinski definition) is 9. The number of aliphatic hydroxyl groups excluding tert-OH is 2. The lowest BCUT2D eigenvalue weighted by molar-refractivity contribution is -0.0509. The Morgan fingerprint density at radius 1 is 1.42 bits per heavy atom. The molecular formula is C11H15N4O8P. The van der Waals surface area contributed by atoms with Gasteiger partial charge in [-0.15, -0.1) is 0 Å². The minimum Gasteiger partial charge on any atom is -0.387 e. The zero-order chi connectivity index (χ0) is 17.5. The zero-order valence-corrected chi connectivity index (χ0v) is 13.2. The van der Waals surface area contributed by atoms with E-state index in [1.54, 1.807) is 0 Å². The summed E-state index contributed by atoms with van der Waals surface area (Å²) in [7, 11) is -3.26. The monoisotopic (exact) mass is 362 g/mol. The number of nitrogens with one attached hydrogen (secondary N) is 1. The molecule has 0 aliphatic carbocycles. The molecule has 5 atom stereocenters. The van der Waals surface area contributed by atoms with Crippen LogP contribution in [0.3, 0.4) is 0 Å². The molecule has 3 rings (SSSR count). The molecule has 0 radical (unpaired) electrons. The minimum absolute atomic E-state index is 0.0433. The predicted octanol–water partition coefficient (Wildman–Crippen LogP) is -1.50. The fourth-order valence-corrected chi connectivity index (χ4v) is 2.81. The number of H-pyrrole nitrogens is 1. The lowest BCUT2D eigenvalue weighted by Gasteiger charge is -2.16. The summed E-state index contributed by atoms with van der Waals surface area (Å²) >= 11 is 0. The summed E-state index contributed by atoms with van der Waals surface area (Å²) < 4.78 is 27.0. The van der Waals surface area contributed by atoms with E-state index in [-0.39, 0.29) is 11.2 Å². The average Bonchev–Trinajstić information content (AvgIpc) is 3.10. The van der Waals surface area contributed by atoms with Gasteiger partial charge in [0.1, 0.15) is 18.3 Å². The maximum Gasteiger partial charge on any atom is 0.472 e. The Hall–Kier alpha value is -1.66. The van der Waals surface area contributed by atoms with Gasteiger partial charge in [0.05, 0.1) is 19.3 Å². The van der Waals surface area contributed by atoms with E-state index in [9.17, 15) is 24.5 Å². The Morgan fingerprint density at radius 3 is 2.88 bits per heavy atom. The van der Waals surface area contributed by atoms with Crippen LogP contribution in [-0.4, -0.2) is 66.7 Å². The van der Waals surface area contributed by atoms with Crippen molar-refractivity contribution in [1.29, 1.82) is 0 Å². The summed E-state index contributed by atoms with van der Waals surface area (Å²) in [6.07, 6.45) is -2.58. The molecule has 1 fully saturated rings. The summed E-state index contributed by atoms with van der Waals surface area (Å²) in [5.41, 5.74) is -0.268. The lowest BCUT2D eigenvalue weighted by atomic mass is 10.1. The van der Waals surface area contributed by atoms with Gasteiger partial charge in [-0.1, -0.05) is 0 Å². The van der Waals surface area contributed by atoms with Crippen molar-refractivity contribution in [2.75, 3.05) is 13.7 Å². The highest BCUT2D eigenvalue weighted by Gasteiger charge is 2.45. The second kappa shape index (κ2) is 6.33. The molecule has 1 aliphatic rings. The van der Waals surface area contributed by atoms with Crippen LogP contribution in [-0.2, 0) is 18.3 Å². The smallest absolute Gasteiger partial charge is 0.387 e. The van der Waals surface area contributed by atoms with Crippen molar-refractivity contribution < 1.29 is 33.5 Å². The number of rotatable bonds is 5. The number of phosphoric acid groups is 1. The first kappa shape index (κ1) is 17.2. The van der Waals surface area contributed by atoms with Gasteiger partial charge in [-0.05, 0) is 0 Å². The molecule has 4 N–H and O–H groups in total. The first-order valence-corrected chi connectivity index (χ1v) is 8.28. The Balaban J connectivity index is 1.83. The molecule has 0 spiro atoms. The van der Waals surface area contributed by atoms with E-state index >= 15 is 0 Å². The Labute approximate surface area is 134 Å². The standard InChI is InChI=1S/C11H15N4O8P/c1-21-24(19,20)22-2-5-7(16)8(17)11(23-5)15-4-14-6-9(15)12-3-13-10(6)18/h3-5,7-8,11,16-17H,2H2,1H3,(H,19,20)(H,12,13,18)/t5-,7-,8-,11-/m1/s1. The van der Waals surface area contributed by atoms with E-state index in [2.05, 4.69) is 24.0 Å². The summed E-state index contributed by atoms with van der Waals surface area (Å²) in [5, 5.41) is 20.2. The van der Waals surface area contributed by atoms with E-state index in [1.165, 1.54) is 17.2 Å². The largest absolute Gasteiger partial charge is 0.472 e. The van der Waals surface area contributed by atoms with Gasteiger partial charge in [0.25, 0.3) is 5.56 Å². The Bertz CT molecular complexity index is 837. The van der Waals surface area contributed by atoms with Crippen LogP contribution in [0.1, 0.15) is 6.23 Å². The molecule has 2 aromatic rings. The van der Waals surface area contributed by atoms with Gasteiger partial charge in [0, 0.05) is 7.11 Å². The fourth-order valence-electron chi connectivity index (χ4n) is 2.37. The molecule has 3 heterocycles. The number of aromatic nitrogens is 4. The molecule has 2 aromatic heterocycles. The molecule has 24 heavy (non-hydrogen) atoms. The number of phosphoric ester groups is 1. The molecule has 1 aliphatic heterocycles. The maximum atomic E-state index is 11.6. The highest BCUT2D eigenvalue weighted by molar-refractivity contribution is 7.47. The third kappa shape index (κ3) is 3.00. The molecule has 0 aromatic carbocycles. The first-order valence-electron chi connectivity index (χ1n) is 6.79. The van der Waals surface area contributed by atoms with Crippen LogP contribution < -0.4 is 5.56 Å². The van der Waals surface area contributed by atoms with Crippen molar-refractivity contribution in [3.8, 4) is 0 Å². The van der Waals surface area contributed by atoms with Crippen molar-refractivity contribution in [1.82, 2.24) is 19.5 Å². The van der Waals surface area contributed by atoms with E-state index in [0.29, 0.717) is 0 Å². The van der Waals surface area contributed by atoms with Crippen molar-refractivity contribution in [3.05, 3.63) is 23.0 Å². The van der Waals surface area contributed by atoms with E-state index in [1.807, 2.05) is 0 Å². The normalized spacial score (nSPS) is 29.8. The van der Waals surface area contributed by atoms with Gasteiger partial charge in [0.2, 0.25) is 0 Å². The number of fused-ring (bicyclic) bond motifs is 1. The van der Waals surface area contributed by atoms with Gasteiger partial charge in [-0.25, -0.2) is 14.5 Å². The SMILES string of the molecule is COP(=O)(O)OC[C@H]1O[C@@H](n2cnc3c(=O)[nH]cnc32)[C@H](O)[C@@H]1O. The predicted molar refractivity (Wildman–Crippen MR) is 76.9 cm³/mol. The quantitative estimate of drug-likeness (QED) is 0.459. The third-order valence-electron chi connectivity index (χ3n) is 3.61. The molecule has 0 bridgehead atoms. The number of aliphatic hydroxyl groups is 2. The van der Waals surface area contributed by atoms with E-state index in [0.717, 1.165) is 7.11 Å².